The second-order valence-electron chi connectivity index (χ2n) is 6.90. The van der Waals surface area contributed by atoms with Crippen LogP contribution in [-0.2, 0) is 13.1 Å². The van der Waals surface area contributed by atoms with Crippen LogP contribution in [0.1, 0.15) is 61.0 Å². The second kappa shape index (κ2) is 7.30. The van der Waals surface area contributed by atoms with Crippen molar-refractivity contribution in [2.75, 3.05) is 13.1 Å². The molecule has 3 heterocycles. The Morgan fingerprint density at radius 3 is 2.96 bits per heavy atom. The molecule has 2 aromatic heterocycles. The van der Waals surface area contributed by atoms with Gasteiger partial charge in [-0.2, -0.15) is 10.2 Å². The predicted octanol–water partition coefficient (Wildman–Crippen LogP) is 3.40. The second-order valence-corrected chi connectivity index (χ2v) is 6.90. The van der Waals surface area contributed by atoms with Gasteiger partial charge in [0.2, 0.25) is 0 Å². The topological polar surface area (TPSA) is 49.7 Å². The third-order valence-electron chi connectivity index (χ3n) is 4.96. The van der Waals surface area contributed by atoms with Crippen molar-refractivity contribution in [2.45, 2.75) is 65.5 Å². The third-order valence-corrected chi connectivity index (χ3v) is 4.96. The van der Waals surface area contributed by atoms with Gasteiger partial charge in [-0.05, 0) is 45.2 Å². The number of unbranched alkanes of at least 4 members (excludes halogenated alkanes) is 1. The van der Waals surface area contributed by atoms with Crippen LogP contribution in [0.15, 0.2) is 12.4 Å². The smallest absolute Gasteiger partial charge is 0.0638 e. The fourth-order valence-electron chi connectivity index (χ4n) is 3.59. The van der Waals surface area contributed by atoms with Crippen molar-refractivity contribution in [1.82, 2.24) is 24.9 Å². The van der Waals surface area contributed by atoms with Crippen molar-refractivity contribution in [1.29, 1.82) is 0 Å². The Labute approximate surface area is 139 Å². The van der Waals surface area contributed by atoms with E-state index in [9.17, 15) is 0 Å². The highest BCUT2D eigenvalue weighted by molar-refractivity contribution is 5.20. The number of H-pyrrole nitrogens is 1. The molecule has 0 bridgehead atoms. The zero-order valence-corrected chi connectivity index (χ0v) is 14.7. The van der Waals surface area contributed by atoms with Crippen LogP contribution in [0.5, 0.6) is 0 Å². The summed E-state index contributed by atoms with van der Waals surface area (Å²) in [6.45, 7) is 10.9. The van der Waals surface area contributed by atoms with E-state index in [1.165, 1.54) is 54.7 Å². The van der Waals surface area contributed by atoms with Gasteiger partial charge in [-0.1, -0.05) is 13.3 Å². The number of piperidine rings is 1. The van der Waals surface area contributed by atoms with Crippen molar-refractivity contribution >= 4 is 0 Å². The Hall–Kier alpha value is -1.62. The maximum absolute atomic E-state index is 4.67. The lowest BCUT2D eigenvalue weighted by Gasteiger charge is -2.32. The molecular weight excluding hydrogens is 286 g/mol. The summed E-state index contributed by atoms with van der Waals surface area (Å²) in [7, 11) is 0. The first kappa shape index (κ1) is 16.2. The Morgan fingerprint density at radius 1 is 1.35 bits per heavy atom. The van der Waals surface area contributed by atoms with Crippen molar-refractivity contribution in [3.05, 3.63) is 34.9 Å². The lowest BCUT2D eigenvalue weighted by molar-refractivity contribution is 0.198. The van der Waals surface area contributed by atoms with Gasteiger partial charge in [0.25, 0.3) is 0 Å². The molecule has 1 atom stereocenters. The molecule has 3 rings (SSSR count). The molecule has 0 spiro atoms. The van der Waals surface area contributed by atoms with E-state index >= 15 is 0 Å². The van der Waals surface area contributed by atoms with E-state index in [2.05, 4.69) is 51.8 Å². The first-order valence-corrected chi connectivity index (χ1v) is 8.92. The minimum absolute atomic E-state index is 0.585. The summed E-state index contributed by atoms with van der Waals surface area (Å²) >= 11 is 0. The van der Waals surface area contributed by atoms with Gasteiger partial charge in [0, 0.05) is 43.0 Å². The Kier molecular flexibility index (Phi) is 5.16. The van der Waals surface area contributed by atoms with Crippen molar-refractivity contribution < 1.29 is 0 Å². The minimum atomic E-state index is 0.585. The van der Waals surface area contributed by atoms with Crippen LogP contribution in [0, 0.1) is 13.8 Å². The van der Waals surface area contributed by atoms with Crippen LogP contribution < -0.4 is 0 Å². The summed E-state index contributed by atoms with van der Waals surface area (Å²) in [5.74, 6) is 0.585. The maximum Gasteiger partial charge on any atom is 0.0638 e. The molecule has 1 N–H and O–H groups in total. The summed E-state index contributed by atoms with van der Waals surface area (Å²) in [5.41, 5.74) is 5.18. The molecule has 0 aromatic carbocycles. The summed E-state index contributed by atoms with van der Waals surface area (Å²) in [6, 6.07) is 0. The van der Waals surface area contributed by atoms with E-state index < -0.39 is 0 Å². The van der Waals surface area contributed by atoms with Gasteiger partial charge in [-0.25, -0.2) is 0 Å². The van der Waals surface area contributed by atoms with Crippen LogP contribution >= 0.6 is 0 Å². The predicted molar refractivity (Wildman–Crippen MR) is 92.4 cm³/mol. The monoisotopic (exact) mass is 315 g/mol. The van der Waals surface area contributed by atoms with Crippen molar-refractivity contribution in [3.8, 4) is 0 Å². The van der Waals surface area contributed by atoms with Crippen LogP contribution in [-0.4, -0.2) is 38.0 Å². The molecule has 0 aliphatic carbocycles. The normalized spacial score (nSPS) is 19.3. The number of rotatable bonds is 6. The number of nitrogens with one attached hydrogen (secondary N) is 1. The molecule has 5 heteroatoms. The average molecular weight is 315 g/mol. The van der Waals surface area contributed by atoms with E-state index in [1.807, 2.05) is 6.20 Å². The highest BCUT2D eigenvalue weighted by atomic mass is 15.3. The van der Waals surface area contributed by atoms with Gasteiger partial charge < -0.3 is 0 Å². The molecule has 23 heavy (non-hydrogen) atoms. The van der Waals surface area contributed by atoms with E-state index in [0.717, 1.165) is 19.6 Å². The average Bonchev–Trinajstić information content (AvgIpc) is 3.12. The van der Waals surface area contributed by atoms with Gasteiger partial charge >= 0.3 is 0 Å². The molecule has 0 radical (unpaired) electrons. The van der Waals surface area contributed by atoms with Crippen LogP contribution in [0.2, 0.25) is 0 Å². The first-order chi connectivity index (χ1) is 11.2. The quantitative estimate of drug-likeness (QED) is 0.889. The van der Waals surface area contributed by atoms with Gasteiger partial charge in [-0.15, -0.1) is 0 Å². The highest BCUT2D eigenvalue weighted by Gasteiger charge is 2.24. The van der Waals surface area contributed by atoms with Crippen molar-refractivity contribution in [3.63, 3.8) is 0 Å². The number of hydrogen-bond donors (Lipinski definition) is 1. The molecule has 1 fully saturated rings. The number of aromatic nitrogens is 4. The molecule has 2 aromatic rings. The van der Waals surface area contributed by atoms with Gasteiger partial charge in [0.1, 0.15) is 0 Å². The van der Waals surface area contributed by atoms with Gasteiger partial charge in [-0.3, -0.25) is 14.7 Å². The fourth-order valence-corrected chi connectivity index (χ4v) is 3.59. The zero-order chi connectivity index (χ0) is 16.2. The highest BCUT2D eigenvalue weighted by Crippen LogP contribution is 2.28. The van der Waals surface area contributed by atoms with E-state index in [4.69, 9.17) is 0 Å². The SMILES string of the molecule is CCCCn1cc(CN2CCC[C@@H](c3[nH]ncc3C)C2)c(C)n1. The lowest BCUT2D eigenvalue weighted by atomic mass is 9.92. The number of aryl methyl sites for hydroxylation is 3. The minimum Gasteiger partial charge on any atom is -0.298 e. The van der Waals surface area contributed by atoms with Gasteiger partial charge in [0.05, 0.1) is 11.9 Å². The van der Waals surface area contributed by atoms with Crippen LogP contribution in [0.3, 0.4) is 0 Å². The first-order valence-electron chi connectivity index (χ1n) is 8.92. The van der Waals surface area contributed by atoms with E-state index in [1.54, 1.807) is 0 Å². The van der Waals surface area contributed by atoms with E-state index in [0.29, 0.717) is 5.92 Å². The number of nitrogens with zero attached hydrogens (tertiary/aromatic N) is 4. The Morgan fingerprint density at radius 2 is 2.22 bits per heavy atom. The molecule has 0 amide bonds. The fraction of sp³-hybridized carbons (Fsp3) is 0.667. The van der Waals surface area contributed by atoms with Gasteiger partial charge in [0.15, 0.2) is 0 Å². The third kappa shape index (κ3) is 3.83. The van der Waals surface area contributed by atoms with E-state index in [-0.39, 0.29) is 0 Å². The standard InChI is InChI=1S/C18H29N5/c1-4-5-9-23-13-17(15(3)21-23)12-22-8-6-7-16(11-22)18-14(2)10-19-20-18/h10,13,16H,4-9,11-12H2,1-3H3,(H,19,20)/t16-/m1/s1. The molecule has 0 saturated carbocycles. The Balaban J connectivity index is 1.63. The van der Waals surface area contributed by atoms with Crippen LogP contribution in [0.25, 0.3) is 0 Å². The molecule has 5 nitrogen and oxygen atoms in total. The van der Waals surface area contributed by atoms with Crippen molar-refractivity contribution in [2.24, 2.45) is 0 Å². The number of hydrogen-bond acceptors (Lipinski definition) is 3. The molecular formula is C18H29N5. The maximum atomic E-state index is 4.67. The molecule has 1 aliphatic rings. The Bertz CT molecular complexity index is 627. The summed E-state index contributed by atoms with van der Waals surface area (Å²) in [6.07, 6.45) is 9.11. The lowest BCUT2D eigenvalue weighted by Crippen LogP contribution is -2.34. The zero-order valence-electron chi connectivity index (χ0n) is 14.7. The molecule has 0 unspecified atom stereocenters. The summed E-state index contributed by atoms with van der Waals surface area (Å²) in [5, 5.41) is 12.1. The molecule has 1 aliphatic heterocycles. The van der Waals surface area contributed by atoms with Crippen LogP contribution in [0.4, 0.5) is 0 Å². The number of aromatic amines is 1. The molecule has 126 valence electrons. The summed E-state index contributed by atoms with van der Waals surface area (Å²) < 4.78 is 2.12. The summed E-state index contributed by atoms with van der Waals surface area (Å²) in [4.78, 5) is 2.57. The molecule has 1 saturated heterocycles. The largest absolute Gasteiger partial charge is 0.298 e. The number of likely N-dealkylation sites (tertiary alicyclic amines) is 1.